The Balaban J connectivity index is 2.58. The average molecular weight is 255 g/mol. The van der Waals surface area contributed by atoms with Gasteiger partial charge in [0.25, 0.3) is 0 Å². The zero-order chi connectivity index (χ0) is 13.1. The molecule has 0 amide bonds. The maximum absolute atomic E-state index is 11.5. The summed E-state index contributed by atoms with van der Waals surface area (Å²) in [7, 11) is 1.43. The third-order valence-electron chi connectivity index (χ3n) is 2.81. The first kappa shape index (κ1) is 14.2. The molecule has 0 bridgehead atoms. The van der Waals surface area contributed by atoms with Gasteiger partial charge in [-0.25, -0.2) is 4.98 Å². The van der Waals surface area contributed by atoms with Gasteiger partial charge in [-0.1, -0.05) is 13.8 Å². The highest BCUT2D eigenvalue weighted by atomic mass is 32.1. The van der Waals surface area contributed by atoms with Gasteiger partial charge in [0.15, 0.2) is 0 Å². The molecular weight excluding hydrogens is 234 g/mol. The second kappa shape index (κ2) is 5.63. The zero-order valence-electron chi connectivity index (χ0n) is 11.2. The smallest absolute Gasteiger partial charge is 0.311 e. The van der Waals surface area contributed by atoms with Gasteiger partial charge in [0, 0.05) is 11.3 Å². The average Bonchev–Trinajstić information content (AvgIpc) is 2.74. The van der Waals surface area contributed by atoms with Crippen LogP contribution in [-0.4, -0.2) is 18.1 Å². The summed E-state index contributed by atoms with van der Waals surface area (Å²) in [6.45, 7) is 8.10. The number of aromatic nitrogens is 1. The standard InChI is InChI=1S/C13H21NO2S/c1-9(2)11-14-10(8-17-11)6-7-13(3,4)12(15)16-5/h8-9H,6-7H2,1-5H3. The highest BCUT2D eigenvalue weighted by molar-refractivity contribution is 7.09. The highest BCUT2D eigenvalue weighted by Gasteiger charge is 2.28. The van der Waals surface area contributed by atoms with Crippen molar-refractivity contribution in [2.45, 2.75) is 46.5 Å². The van der Waals surface area contributed by atoms with Gasteiger partial charge in [-0.15, -0.1) is 11.3 Å². The van der Waals surface area contributed by atoms with E-state index in [1.807, 2.05) is 13.8 Å². The van der Waals surface area contributed by atoms with Crippen molar-refractivity contribution in [3.05, 3.63) is 16.1 Å². The van der Waals surface area contributed by atoms with Crippen molar-refractivity contribution in [1.29, 1.82) is 0 Å². The number of esters is 1. The van der Waals surface area contributed by atoms with Crippen LogP contribution in [0.2, 0.25) is 0 Å². The van der Waals surface area contributed by atoms with E-state index in [0.29, 0.717) is 5.92 Å². The molecule has 0 aliphatic rings. The Kier molecular flexibility index (Phi) is 4.69. The lowest BCUT2D eigenvalue weighted by Gasteiger charge is -2.20. The van der Waals surface area contributed by atoms with E-state index < -0.39 is 5.41 Å². The van der Waals surface area contributed by atoms with Crippen molar-refractivity contribution >= 4 is 17.3 Å². The molecule has 1 aromatic rings. The number of carbonyl (C=O) groups excluding carboxylic acids is 1. The van der Waals surface area contributed by atoms with E-state index in [0.717, 1.165) is 23.5 Å². The Labute approximate surface area is 107 Å². The van der Waals surface area contributed by atoms with Crippen LogP contribution in [0, 0.1) is 5.41 Å². The third kappa shape index (κ3) is 3.80. The molecule has 1 heterocycles. The lowest BCUT2D eigenvalue weighted by Crippen LogP contribution is -2.26. The quantitative estimate of drug-likeness (QED) is 0.757. The van der Waals surface area contributed by atoms with Crippen LogP contribution in [0.4, 0.5) is 0 Å². The topological polar surface area (TPSA) is 39.2 Å². The summed E-state index contributed by atoms with van der Waals surface area (Å²) in [5, 5.41) is 3.25. The first-order valence-electron chi connectivity index (χ1n) is 5.89. The number of aryl methyl sites for hydroxylation is 1. The van der Waals surface area contributed by atoms with Crippen LogP contribution in [0.3, 0.4) is 0 Å². The van der Waals surface area contributed by atoms with Crippen LogP contribution >= 0.6 is 11.3 Å². The largest absolute Gasteiger partial charge is 0.469 e. The fraction of sp³-hybridized carbons (Fsp3) is 0.692. The molecule has 0 saturated carbocycles. The molecule has 96 valence electrons. The van der Waals surface area contributed by atoms with Crippen LogP contribution < -0.4 is 0 Å². The van der Waals surface area contributed by atoms with Crippen molar-refractivity contribution in [2.75, 3.05) is 7.11 Å². The predicted octanol–water partition coefficient (Wildman–Crippen LogP) is 3.40. The maximum atomic E-state index is 11.5. The van der Waals surface area contributed by atoms with Crippen LogP contribution in [0.25, 0.3) is 0 Å². The van der Waals surface area contributed by atoms with Crippen LogP contribution in [0.1, 0.15) is 50.7 Å². The molecule has 0 aliphatic heterocycles. The van der Waals surface area contributed by atoms with E-state index in [2.05, 4.69) is 24.2 Å². The molecule has 1 rings (SSSR count). The lowest BCUT2D eigenvalue weighted by atomic mass is 9.87. The van der Waals surface area contributed by atoms with Gasteiger partial charge < -0.3 is 4.74 Å². The Morgan fingerprint density at radius 3 is 2.65 bits per heavy atom. The molecule has 0 unspecified atom stereocenters. The van der Waals surface area contributed by atoms with Crippen molar-refractivity contribution in [3.63, 3.8) is 0 Å². The van der Waals surface area contributed by atoms with Crippen LogP contribution in [-0.2, 0) is 16.0 Å². The van der Waals surface area contributed by atoms with Gasteiger partial charge in [-0.05, 0) is 26.7 Å². The summed E-state index contributed by atoms with van der Waals surface area (Å²) in [4.78, 5) is 16.1. The first-order valence-corrected chi connectivity index (χ1v) is 6.77. The monoisotopic (exact) mass is 255 g/mol. The van der Waals surface area contributed by atoms with Crippen LogP contribution in [0.5, 0.6) is 0 Å². The number of rotatable bonds is 5. The van der Waals surface area contributed by atoms with E-state index in [4.69, 9.17) is 4.74 Å². The van der Waals surface area contributed by atoms with E-state index in [9.17, 15) is 4.79 Å². The number of hydrogen-bond donors (Lipinski definition) is 0. The Morgan fingerprint density at radius 2 is 2.18 bits per heavy atom. The fourth-order valence-corrected chi connectivity index (χ4v) is 2.39. The first-order chi connectivity index (χ1) is 7.86. The number of ether oxygens (including phenoxy) is 1. The molecule has 0 atom stereocenters. The Hall–Kier alpha value is -0.900. The summed E-state index contributed by atoms with van der Waals surface area (Å²) in [5.41, 5.74) is 0.645. The van der Waals surface area contributed by atoms with Gasteiger partial charge in [0.05, 0.1) is 23.2 Å². The van der Waals surface area contributed by atoms with Crippen molar-refractivity contribution < 1.29 is 9.53 Å². The summed E-state index contributed by atoms with van der Waals surface area (Å²) in [6.07, 6.45) is 1.59. The highest BCUT2D eigenvalue weighted by Crippen LogP contribution is 2.26. The minimum Gasteiger partial charge on any atom is -0.469 e. The molecule has 0 N–H and O–H groups in total. The summed E-state index contributed by atoms with van der Waals surface area (Å²) in [6, 6.07) is 0. The second-order valence-electron chi connectivity index (χ2n) is 5.21. The van der Waals surface area contributed by atoms with Crippen molar-refractivity contribution in [1.82, 2.24) is 4.98 Å². The van der Waals surface area contributed by atoms with E-state index >= 15 is 0 Å². The summed E-state index contributed by atoms with van der Waals surface area (Å²) < 4.78 is 4.79. The molecule has 4 heteroatoms. The third-order valence-corrected chi connectivity index (χ3v) is 4.00. The summed E-state index contributed by atoms with van der Waals surface area (Å²) >= 11 is 1.70. The molecule has 0 fully saturated rings. The number of nitrogens with zero attached hydrogens (tertiary/aromatic N) is 1. The van der Waals surface area contributed by atoms with Gasteiger partial charge >= 0.3 is 5.97 Å². The molecule has 0 aromatic carbocycles. The fourth-order valence-electron chi connectivity index (χ4n) is 1.52. The molecular formula is C13H21NO2S. The Bertz CT molecular complexity index is 383. The maximum Gasteiger partial charge on any atom is 0.311 e. The number of methoxy groups -OCH3 is 1. The SMILES string of the molecule is COC(=O)C(C)(C)CCc1csc(C(C)C)n1. The normalized spacial score (nSPS) is 11.9. The van der Waals surface area contributed by atoms with Crippen molar-refractivity contribution in [2.24, 2.45) is 5.41 Å². The molecule has 3 nitrogen and oxygen atoms in total. The van der Waals surface area contributed by atoms with Gasteiger partial charge in [-0.2, -0.15) is 0 Å². The van der Waals surface area contributed by atoms with E-state index in [1.165, 1.54) is 7.11 Å². The molecule has 0 saturated heterocycles. The Morgan fingerprint density at radius 1 is 1.53 bits per heavy atom. The number of thiazole rings is 1. The molecule has 17 heavy (non-hydrogen) atoms. The molecule has 1 aromatic heterocycles. The molecule has 0 spiro atoms. The van der Waals surface area contributed by atoms with Gasteiger partial charge in [0.1, 0.15) is 0 Å². The van der Waals surface area contributed by atoms with Crippen molar-refractivity contribution in [3.8, 4) is 0 Å². The summed E-state index contributed by atoms with van der Waals surface area (Å²) in [5.74, 6) is 0.319. The lowest BCUT2D eigenvalue weighted by molar-refractivity contribution is -0.151. The minimum atomic E-state index is -0.434. The van der Waals surface area contributed by atoms with E-state index in [1.54, 1.807) is 11.3 Å². The van der Waals surface area contributed by atoms with Gasteiger partial charge in [0.2, 0.25) is 0 Å². The van der Waals surface area contributed by atoms with E-state index in [-0.39, 0.29) is 5.97 Å². The molecule has 0 aliphatic carbocycles. The zero-order valence-corrected chi connectivity index (χ0v) is 12.1. The predicted molar refractivity (Wildman–Crippen MR) is 70.3 cm³/mol. The number of carbonyl (C=O) groups is 1. The van der Waals surface area contributed by atoms with Gasteiger partial charge in [-0.3, -0.25) is 4.79 Å². The number of hydrogen-bond acceptors (Lipinski definition) is 4. The minimum absolute atomic E-state index is 0.156. The van der Waals surface area contributed by atoms with Crippen LogP contribution in [0.15, 0.2) is 5.38 Å². The molecule has 0 radical (unpaired) electrons. The second-order valence-corrected chi connectivity index (χ2v) is 6.10.